The topological polar surface area (TPSA) is 87.1 Å². The minimum Gasteiger partial charge on any atom is -0.337 e. The minimum absolute atomic E-state index is 0.0834. The predicted molar refractivity (Wildman–Crippen MR) is 77.0 cm³/mol. The first-order valence-corrected chi connectivity index (χ1v) is 6.80. The van der Waals surface area contributed by atoms with Gasteiger partial charge in [0.25, 0.3) is 5.69 Å². The van der Waals surface area contributed by atoms with Crippen molar-refractivity contribution in [3.63, 3.8) is 0 Å². The van der Waals surface area contributed by atoms with E-state index in [4.69, 9.17) is 0 Å². The van der Waals surface area contributed by atoms with Crippen molar-refractivity contribution < 1.29 is 4.92 Å². The van der Waals surface area contributed by atoms with Crippen LogP contribution in [0, 0.1) is 10.1 Å². The highest BCUT2D eigenvalue weighted by Crippen LogP contribution is 2.24. The standard InChI is InChI=1S/C13H17N5O2/c1-2-5-17(10-7-14-8-10)13-15-11-4-3-9(18(19)20)6-12(11)16-13/h3-4,6,10,14H,2,5,7-8H2,1H3,(H,15,16). The Morgan fingerprint density at radius 3 is 2.90 bits per heavy atom. The summed E-state index contributed by atoms with van der Waals surface area (Å²) in [4.78, 5) is 20.4. The first-order valence-electron chi connectivity index (χ1n) is 6.80. The number of rotatable bonds is 5. The molecule has 106 valence electrons. The minimum atomic E-state index is -0.389. The Bertz CT molecular complexity index is 635. The van der Waals surface area contributed by atoms with Gasteiger partial charge in [-0.1, -0.05) is 6.92 Å². The van der Waals surface area contributed by atoms with Gasteiger partial charge in [0.2, 0.25) is 5.95 Å². The van der Waals surface area contributed by atoms with Gasteiger partial charge in [0.05, 0.1) is 22.0 Å². The van der Waals surface area contributed by atoms with Gasteiger partial charge in [-0.3, -0.25) is 10.1 Å². The number of non-ortho nitro benzene ring substituents is 1. The maximum Gasteiger partial charge on any atom is 0.271 e. The maximum absolute atomic E-state index is 10.8. The lowest BCUT2D eigenvalue weighted by molar-refractivity contribution is -0.384. The summed E-state index contributed by atoms with van der Waals surface area (Å²) in [6.07, 6.45) is 1.04. The molecule has 0 atom stereocenters. The third-order valence-corrected chi connectivity index (χ3v) is 3.60. The van der Waals surface area contributed by atoms with Crippen LogP contribution in [0.25, 0.3) is 11.0 Å². The number of nitro groups is 1. The molecule has 1 fully saturated rings. The van der Waals surface area contributed by atoms with Crippen molar-refractivity contribution in [1.29, 1.82) is 0 Å². The summed E-state index contributed by atoms with van der Waals surface area (Å²) in [6.45, 7) is 4.97. The van der Waals surface area contributed by atoms with Crippen LogP contribution in [0.2, 0.25) is 0 Å². The first kappa shape index (κ1) is 12.9. The van der Waals surface area contributed by atoms with Gasteiger partial charge in [-0.15, -0.1) is 0 Å². The molecule has 0 unspecified atom stereocenters. The van der Waals surface area contributed by atoms with E-state index in [1.165, 1.54) is 12.1 Å². The zero-order valence-electron chi connectivity index (χ0n) is 11.3. The molecule has 0 amide bonds. The summed E-state index contributed by atoms with van der Waals surface area (Å²) in [7, 11) is 0. The van der Waals surface area contributed by atoms with E-state index in [0.29, 0.717) is 11.6 Å². The molecule has 1 aliphatic rings. The fraction of sp³-hybridized carbons (Fsp3) is 0.462. The Morgan fingerprint density at radius 2 is 2.30 bits per heavy atom. The predicted octanol–water partition coefficient (Wildman–Crippen LogP) is 1.66. The molecule has 1 aromatic heterocycles. The van der Waals surface area contributed by atoms with Gasteiger partial charge in [-0.2, -0.15) is 0 Å². The third kappa shape index (κ3) is 2.20. The lowest BCUT2D eigenvalue weighted by Gasteiger charge is -2.38. The number of benzene rings is 1. The molecule has 2 heterocycles. The highest BCUT2D eigenvalue weighted by Gasteiger charge is 2.26. The fourth-order valence-corrected chi connectivity index (χ4v) is 2.43. The molecule has 0 aliphatic carbocycles. The van der Waals surface area contributed by atoms with E-state index in [9.17, 15) is 10.1 Å². The van der Waals surface area contributed by atoms with Gasteiger partial charge in [0.1, 0.15) is 0 Å². The van der Waals surface area contributed by atoms with Crippen molar-refractivity contribution in [2.45, 2.75) is 19.4 Å². The van der Waals surface area contributed by atoms with Gasteiger partial charge in [0.15, 0.2) is 0 Å². The van der Waals surface area contributed by atoms with Gasteiger partial charge in [-0.05, 0) is 12.5 Å². The Kier molecular flexibility index (Phi) is 3.27. The number of nitrogens with zero attached hydrogens (tertiary/aromatic N) is 3. The molecular formula is C13H17N5O2. The maximum atomic E-state index is 10.8. The van der Waals surface area contributed by atoms with Crippen molar-refractivity contribution in [3.05, 3.63) is 28.3 Å². The van der Waals surface area contributed by atoms with Crippen LogP contribution < -0.4 is 10.2 Å². The first-order chi connectivity index (χ1) is 9.69. The van der Waals surface area contributed by atoms with Gasteiger partial charge >= 0.3 is 0 Å². The van der Waals surface area contributed by atoms with Gasteiger partial charge in [0, 0.05) is 31.8 Å². The second kappa shape index (κ2) is 5.09. The molecule has 0 radical (unpaired) electrons. The molecular weight excluding hydrogens is 258 g/mol. The second-order valence-corrected chi connectivity index (χ2v) is 5.02. The third-order valence-electron chi connectivity index (χ3n) is 3.60. The molecule has 1 aromatic carbocycles. The van der Waals surface area contributed by atoms with Gasteiger partial charge in [-0.25, -0.2) is 4.98 Å². The van der Waals surface area contributed by atoms with E-state index in [0.717, 1.165) is 37.5 Å². The molecule has 7 heteroatoms. The van der Waals surface area contributed by atoms with Crippen LogP contribution in [0.1, 0.15) is 13.3 Å². The highest BCUT2D eigenvalue weighted by molar-refractivity contribution is 5.80. The smallest absolute Gasteiger partial charge is 0.271 e. The number of imidazole rings is 1. The lowest BCUT2D eigenvalue weighted by Crippen LogP contribution is -2.57. The molecule has 3 rings (SSSR count). The number of aromatic amines is 1. The molecule has 1 saturated heterocycles. The normalized spacial score (nSPS) is 15.2. The van der Waals surface area contributed by atoms with Crippen LogP contribution in [0.15, 0.2) is 18.2 Å². The number of anilines is 1. The summed E-state index contributed by atoms with van der Waals surface area (Å²) in [5.74, 6) is 0.800. The molecule has 7 nitrogen and oxygen atoms in total. The van der Waals surface area contributed by atoms with Crippen LogP contribution >= 0.6 is 0 Å². The zero-order valence-corrected chi connectivity index (χ0v) is 11.3. The Morgan fingerprint density at radius 1 is 1.50 bits per heavy atom. The Hall–Kier alpha value is -2.15. The van der Waals surface area contributed by atoms with E-state index < -0.39 is 0 Å². The van der Waals surface area contributed by atoms with Crippen LogP contribution in [0.4, 0.5) is 11.6 Å². The summed E-state index contributed by atoms with van der Waals surface area (Å²) < 4.78 is 0. The number of fused-ring (bicyclic) bond motifs is 1. The lowest BCUT2D eigenvalue weighted by atomic mass is 10.1. The number of hydrogen-bond acceptors (Lipinski definition) is 5. The second-order valence-electron chi connectivity index (χ2n) is 5.02. The summed E-state index contributed by atoms with van der Waals surface area (Å²) >= 11 is 0. The molecule has 0 saturated carbocycles. The average Bonchev–Trinajstić information content (AvgIpc) is 2.78. The van der Waals surface area contributed by atoms with Crippen molar-refractivity contribution in [2.24, 2.45) is 0 Å². The Labute approximate surface area is 116 Å². The number of H-pyrrole nitrogens is 1. The van der Waals surface area contributed by atoms with Gasteiger partial charge < -0.3 is 15.2 Å². The molecule has 0 bridgehead atoms. The molecule has 1 aliphatic heterocycles. The van der Waals surface area contributed by atoms with Crippen molar-refractivity contribution in [2.75, 3.05) is 24.5 Å². The SMILES string of the molecule is CCCN(c1nc2ccc([N+](=O)[O-])cc2[nH]1)C1CNC1. The number of nitro benzene ring substituents is 1. The molecule has 20 heavy (non-hydrogen) atoms. The number of hydrogen-bond donors (Lipinski definition) is 2. The Balaban J connectivity index is 1.95. The monoisotopic (exact) mass is 275 g/mol. The van der Waals surface area contributed by atoms with E-state index >= 15 is 0 Å². The van der Waals surface area contributed by atoms with E-state index in [1.54, 1.807) is 6.07 Å². The fourth-order valence-electron chi connectivity index (χ4n) is 2.43. The van der Waals surface area contributed by atoms with Crippen LogP contribution in [0.3, 0.4) is 0 Å². The van der Waals surface area contributed by atoms with Crippen LogP contribution in [0.5, 0.6) is 0 Å². The summed E-state index contributed by atoms with van der Waals surface area (Å²) in [5, 5.41) is 14.1. The van der Waals surface area contributed by atoms with E-state index in [-0.39, 0.29) is 10.6 Å². The quantitative estimate of drug-likeness (QED) is 0.640. The summed E-state index contributed by atoms with van der Waals surface area (Å²) in [5.41, 5.74) is 1.56. The number of nitrogens with one attached hydrogen (secondary N) is 2. The van der Waals surface area contributed by atoms with Crippen LogP contribution in [-0.4, -0.2) is 40.6 Å². The van der Waals surface area contributed by atoms with Crippen molar-refractivity contribution in [3.8, 4) is 0 Å². The largest absolute Gasteiger partial charge is 0.337 e. The molecule has 0 spiro atoms. The highest BCUT2D eigenvalue weighted by atomic mass is 16.6. The van der Waals surface area contributed by atoms with E-state index in [2.05, 4.69) is 27.1 Å². The van der Waals surface area contributed by atoms with Crippen molar-refractivity contribution >= 4 is 22.7 Å². The molecule has 2 aromatic rings. The van der Waals surface area contributed by atoms with Crippen LogP contribution in [-0.2, 0) is 0 Å². The zero-order chi connectivity index (χ0) is 14.1. The average molecular weight is 275 g/mol. The van der Waals surface area contributed by atoms with Crippen molar-refractivity contribution in [1.82, 2.24) is 15.3 Å². The summed E-state index contributed by atoms with van der Waals surface area (Å²) in [6, 6.07) is 5.17. The van der Waals surface area contributed by atoms with E-state index in [1.807, 2.05) is 0 Å². The number of aromatic nitrogens is 2. The molecule has 2 N–H and O–H groups in total.